The molecule has 0 radical (unpaired) electrons. The monoisotopic (exact) mass is 334 g/mol. The van der Waals surface area contributed by atoms with Gasteiger partial charge in [-0.2, -0.15) is 0 Å². The second-order valence-corrected chi connectivity index (χ2v) is 8.13. The van der Waals surface area contributed by atoms with Gasteiger partial charge < -0.3 is 15.4 Å². The molecule has 128 valence electrons. The van der Waals surface area contributed by atoms with Crippen molar-refractivity contribution in [1.29, 1.82) is 0 Å². The molecule has 2 rings (SSSR count). The maximum Gasteiger partial charge on any atom is 0.171 e. The van der Waals surface area contributed by atoms with E-state index in [-0.39, 0.29) is 0 Å². The lowest BCUT2D eigenvalue weighted by atomic mass is 9.71. The number of methoxy groups -OCH3 is 1. The molecule has 0 aliphatic heterocycles. The van der Waals surface area contributed by atoms with E-state index in [0.717, 1.165) is 17.4 Å². The third-order valence-corrected chi connectivity index (χ3v) is 5.11. The molecule has 0 unspecified atom stereocenters. The van der Waals surface area contributed by atoms with Crippen molar-refractivity contribution in [3.05, 3.63) is 23.8 Å². The number of anilines is 1. The van der Waals surface area contributed by atoms with Gasteiger partial charge in [-0.15, -0.1) is 0 Å². The number of rotatable bonds is 3. The van der Waals surface area contributed by atoms with Crippen molar-refractivity contribution in [2.45, 2.75) is 59.4 Å². The minimum Gasteiger partial charge on any atom is -0.495 e. The predicted octanol–water partition coefficient (Wildman–Crippen LogP) is 4.89. The molecule has 0 aromatic heterocycles. The molecule has 0 heterocycles. The number of hydrogen-bond donors (Lipinski definition) is 2. The van der Waals surface area contributed by atoms with Gasteiger partial charge in [-0.05, 0) is 73.9 Å². The average molecular weight is 335 g/mol. The number of ether oxygens (including phenoxy) is 1. The highest BCUT2D eigenvalue weighted by Gasteiger charge is 2.29. The second-order valence-electron chi connectivity index (χ2n) is 7.72. The number of nitrogens with one attached hydrogen (secondary N) is 2. The summed E-state index contributed by atoms with van der Waals surface area (Å²) in [7, 11) is 1.68. The normalized spacial score (nSPS) is 21.6. The molecule has 1 saturated carbocycles. The first kappa shape index (κ1) is 18.1. The van der Waals surface area contributed by atoms with Crippen LogP contribution in [0, 0.1) is 18.3 Å². The third-order valence-electron chi connectivity index (χ3n) is 4.89. The highest BCUT2D eigenvalue weighted by atomic mass is 32.1. The lowest BCUT2D eigenvalue weighted by Crippen LogP contribution is -2.41. The Labute approximate surface area is 146 Å². The van der Waals surface area contributed by atoms with Gasteiger partial charge in [0.2, 0.25) is 0 Å². The number of aryl methyl sites for hydroxylation is 1. The minimum atomic E-state index is 0.415. The summed E-state index contributed by atoms with van der Waals surface area (Å²) in [5.41, 5.74) is 2.52. The fraction of sp³-hybridized carbons (Fsp3) is 0.632. The quantitative estimate of drug-likeness (QED) is 0.771. The summed E-state index contributed by atoms with van der Waals surface area (Å²) in [5.74, 6) is 1.63. The molecule has 0 atom stereocenters. The Morgan fingerprint density at radius 1 is 1.17 bits per heavy atom. The number of thiocarbonyl (C=S) groups is 1. The van der Waals surface area contributed by atoms with E-state index in [4.69, 9.17) is 17.0 Å². The van der Waals surface area contributed by atoms with E-state index in [1.165, 1.54) is 31.2 Å². The van der Waals surface area contributed by atoms with Crippen LogP contribution in [-0.2, 0) is 0 Å². The fourth-order valence-electron chi connectivity index (χ4n) is 3.37. The van der Waals surface area contributed by atoms with Crippen LogP contribution in [0.25, 0.3) is 0 Å². The van der Waals surface area contributed by atoms with Crippen LogP contribution in [0.2, 0.25) is 0 Å². The first-order valence-electron chi connectivity index (χ1n) is 8.51. The van der Waals surface area contributed by atoms with E-state index in [9.17, 15) is 0 Å². The summed E-state index contributed by atoms with van der Waals surface area (Å²) >= 11 is 5.49. The first-order valence-corrected chi connectivity index (χ1v) is 8.92. The molecule has 1 aliphatic rings. The Balaban J connectivity index is 1.88. The van der Waals surface area contributed by atoms with E-state index in [1.807, 2.05) is 12.1 Å². The van der Waals surface area contributed by atoms with Gasteiger partial charge in [-0.25, -0.2) is 0 Å². The molecule has 1 aliphatic carbocycles. The van der Waals surface area contributed by atoms with Crippen molar-refractivity contribution in [2.24, 2.45) is 11.3 Å². The smallest absolute Gasteiger partial charge is 0.171 e. The van der Waals surface area contributed by atoms with Crippen LogP contribution in [0.3, 0.4) is 0 Å². The van der Waals surface area contributed by atoms with Gasteiger partial charge in [0.15, 0.2) is 5.11 Å². The van der Waals surface area contributed by atoms with Crippen LogP contribution < -0.4 is 15.4 Å². The second kappa shape index (κ2) is 7.52. The van der Waals surface area contributed by atoms with Crippen LogP contribution in [0.1, 0.15) is 52.0 Å². The van der Waals surface area contributed by atoms with Crippen molar-refractivity contribution >= 4 is 23.0 Å². The zero-order valence-corrected chi connectivity index (χ0v) is 15.8. The Bertz CT molecular complexity index is 543. The molecule has 0 spiro atoms. The summed E-state index contributed by atoms with van der Waals surface area (Å²) in [5, 5.41) is 7.45. The van der Waals surface area contributed by atoms with Crippen molar-refractivity contribution in [1.82, 2.24) is 5.32 Å². The topological polar surface area (TPSA) is 33.3 Å². The SMILES string of the molecule is COc1ccc(C)cc1NC(=S)NC1CCC(C(C)(C)C)CC1. The molecule has 4 heteroatoms. The molecule has 1 aromatic rings. The lowest BCUT2D eigenvalue weighted by molar-refractivity contribution is 0.166. The van der Waals surface area contributed by atoms with E-state index in [0.29, 0.717) is 16.6 Å². The van der Waals surface area contributed by atoms with Gasteiger partial charge in [-0.3, -0.25) is 0 Å². The van der Waals surface area contributed by atoms with E-state index in [2.05, 4.69) is 44.4 Å². The van der Waals surface area contributed by atoms with E-state index >= 15 is 0 Å². The summed E-state index contributed by atoms with van der Waals surface area (Å²) in [6.45, 7) is 9.11. The van der Waals surface area contributed by atoms with Crippen LogP contribution >= 0.6 is 12.2 Å². The van der Waals surface area contributed by atoms with Gasteiger partial charge in [0.25, 0.3) is 0 Å². The maximum atomic E-state index is 5.49. The molecule has 0 saturated heterocycles. The predicted molar refractivity (Wildman–Crippen MR) is 102 cm³/mol. The molecule has 0 bridgehead atoms. The molecular weight excluding hydrogens is 304 g/mol. The van der Waals surface area contributed by atoms with Gasteiger partial charge in [0.1, 0.15) is 5.75 Å². The molecule has 2 N–H and O–H groups in total. The molecule has 3 nitrogen and oxygen atoms in total. The molecule has 0 amide bonds. The first-order chi connectivity index (χ1) is 10.8. The van der Waals surface area contributed by atoms with Crippen molar-refractivity contribution in [3.63, 3.8) is 0 Å². The highest BCUT2D eigenvalue weighted by Crippen LogP contribution is 2.37. The van der Waals surface area contributed by atoms with Crippen LogP contribution in [0.15, 0.2) is 18.2 Å². The third kappa shape index (κ3) is 5.10. The lowest BCUT2D eigenvalue weighted by Gasteiger charge is -2.37. The average Bonchev–Trinajstić information content (AvgIpc) is 2.47. The van der Waals surface area contributed by atoms with Gasteiger partial charge in [0.05, 0.1) is 12.8 Å². The standard InChI is InChI=1S/C19H30N2OS/c1-13-6-11-17(22-5)16(12-13)21-18(23)20-15-9-7-14(8-10-15)19(2,3)4/h6,11-12,14-15H,7-10H2,1-5H3,(H2,20,21,23). The molecule has 23 heavy (non-hydrogen) atoms. The summed E-state index contributed by atoms with van der Waals surface area (Å²) in [6, 6.07) is 6.54. The number of hydrogen-bond acceptors (Lipinski definition) is 2. The van der Waals surface area contributed by atoms with Crippen molar-refractivity contribution < 1.29 is 4.74 Å². The fourth-order valence-corrected chi connectivity index (χ4v) is 3.64. The Kier molecular flexibility index (Phi) is 5.90. The highest BCUT2D eigenvalue weighted by molar-refractivity contribution is 7.80. The van der Waals surface area contributed by atoms with Crippen LogP contribution in [-0.4, -0.2) is 18.3 Å². The Morgan fingerprint density at radius 2 is 1.83 bits per heavy atom. The Morgan fingerprint density at radius 3 is 2.39 bits per heavy atom. The molecule has 1 aromatic carbocycles. The minimum absolute atomic E-state index is 0.415. The van der Waals surface area contributed by atoms with Gasteiger partial charge in [0, 0.05) is 6.04 Å². The number of benzene rings is 1. The van der Waals surface area contributed by atoms with Crippen LogP contribution in [0.4, 0.5) is 5.69 Å². The largest absolute Gasteiger partial charge is 0.495 e. The van der Waals surface area contributed by atoms with Gasteiger partial charge >= 0.3 is 0 Å². The molecule has 1 fully saturated rings. The van der Waals surface area contributed by atoms with Crippen molar-refractivity contribution in [2.75, 3.05) is 12.4 Å². The van der Waals surface area contributed by atoms with E-state index in [1.54, 1.807) is 7.11 Å². The van der Waals surface area contributed by atoms with Crippen LogP contribution in [0.5, 0.6) is 5.75 Å². The zero-order valence-electron chi connectivity index (χ0n) is 15.0. The van der Waals surface area contributed by atoms with E-state index < -0.39 is 0 Å². The zero-order chi connectivity index (χ0) is 17.0. The maximum absolute atomic E-state index is 5.49. The van der Waals surface area contributed by atoms with Crippen molar-refractivity contribution in [3.8, 4) is 5.75 Å². The molecular formula is C19H30N2OS. The van der Waals surface area contributed by atoms with Gasteiger partial charge in [-0.1, -0.05) is 26.8 Å². The Hall–Kier alpha value is -1.29. The summed E-state index contributed by atoms with van der Waals surface area (Å²) in [4.78, 5) is 0. The summed E-state index contributed by atoms with van der Waals surface area (Å²) < 4.78 is 5.39. The summed E-state index contributed by atoms with van der Waals surface area (Å²) in [6.07, 6.45) is 4.93.